The highest BCUT2D eigenvalue weighted by Gasteiger charge is 2.41. The van der Waals surface area contributed by atoms with E-state index in [2.05, 4.69) is 10.5 Å². The maximum Gasteiger partial charge on any atom is 0.408 e. The summed E-state index contributed by atoms with van der Waals surface area (Å²) >= 11 is 0. The molecule has 2 aromatic carbocycles. The molecule has 0 radical (unpaired) electrons. The summed E-state index contributed by atoms with van der Waals surface area (Å²) in [6, 6.07) is 19.8. The Hall–Kier alpha value is -4.00. The van der Waals surface area contributed by atoms with Crippen molar-refractivity contribution in [3.05, 3.63) is 77.5 Å². The largest absolute Gasteiger partial charge is 0.444 e. The van der Waals surface area contributed by atoms with Crippen LogP contribution in [0.5, 0.6) is 0 Å². The van der Waals surface area contributed by atoms with Crippen LogP contribution >= 0.6 is 0 Å². The number of carbonyl (C=O) groups is 2. The minimum absolute atomic E-state index is 0.161. The van der Waals surface area contributed by atoms with Crippen LogP contribution in [0.1, 0.15) is 68.1 Å². The van der Waals surface area contributed by atoms with Crippen LogP contribution < -0.4 is 5.32 Å². The molecule has 2 N–H and O–H groups in total. The normalized spacial score (nSPS) is 17.6. The number of benzene rings is 2. The molecule has 0 atom stereocenters. The lowest BCUT2D eigenvalue weighted by atomic mass is 9.71. The molecule has 190 valence electrons. The first-order valence-corrected chi connectivity index (χ1v) is 12.7. The molecule has 2 aliphatic carbocycles. The van der Waals surface area contributed by atoms with Gasteiger partial charge >= 0.3 is 6.09 Å². The molecule has 0 unspecified atom stereocenters. The Labute approximate surface area is 216 Å². The number of ether oxygens (including phenoxy) is 1. The number of hydrogen-bond acceptors (Lipinski definition) is 6. The quantitative estimate of drug-likeness (QED) is 0.326. The molecule has 1 fully saturated rings. The van der Waals surface area contributed by atoms with Gasteiger partial charge in [0, 0.05) is 23.1 Å². The molecule has 2 aliphatic rings. The van der Waals surface area contributed by atoms with Crippen molar-refractivity contribution in [3.63, 3.8) is 0 Å². The maximum absolute atomic E-state index is 12.9. The van der Waals surface area contributed by atoms with Crippen LogP contribution in [0.15, 0.2) is 65.8 Å². The molecular weight excluding hydrogens is 466 g/mol. The van der Waals surface area contributed by atoms with Crippen LogP contribution in [-0.4, -0.2) is 33.4 Å². The Balaban J connectivity index is 1.52. The standard InChI is InChI=1S/C30H31N3O4/c1-29(2,3)37-28(35)32-30(16-7-17-30)21-12-10-20(11-13-21)26-22(19-8-5-4-6-9-19)18-23-24(31-26)14-15-25(33-36)27(23)34/h4-6,8-13,18,36H,7,14-17H2,1-3H3,(H,32,35). The smallest absolute Gasteiger partial charge is 0.408 e. The number of carbonyl (C=O) groups excluding carboxylic acids is 2. The number of hydrogen-bond donors (Lipinski definition) is 2. The summed E-state index contributed by atoms with van der Waals surface area (Å²) in [5.74, 6) is -0.282. The number of nitrogens with zero attached hydrogens (tertiary/aromatic N) is 2. The van der Waals surface area contributed by atoms with E-state index in [1.165, 1.54) is 0 Å². The van der Waals surface area contributed by atoms with E-state index in [1.54, 1.807) is 0 Å². The molecule has 7 heteroatoms. The van der Waals surface area contributed by atoms with Gasteiger partial charge in [0.2, 0.25) is 5.78 Å². The number of amides is 1. The van der Waals surface area contributed by atoms with Crippen LogP contribution in [0.3, 0.4) is 0 Å². The molecule has 1 amide bonds. The molecule has 0 aliphatic heterocycles. The summed E-state index contributed by atoms with van der Waals surface area (Å²) in [6.45, 7) is 5.57. The topological polar surface area (TPSA) is 101 Å². The van der Waals surface area contributed by atoms with Crippen LogP contribution in [0.25, 0.3) is 22.4 Å². The zero-order valence-electron chi connectivity index (χ0n) is 21.4. The van der Waals surface area contributed by atoms with E-state index < -0.39 is 17.2 Å². The molecule has 1 saturated carbocycles. The zero-order chi connectivity index (χ0) is 26.2. The van der Waals surface area contributed by atoms with Gasteiger partial charge in [-0.2, -0.15) is 0 Å². The van der Waals surface area contributed by atoms with Gasteiger partial charge in [-0.15, -0.1) is 0 Å². The Bertz CT molecular complexity index is 1370. The van der Waals surface area contributed by atoms with Crippen LogP contribution in [0.4, 0.5) is 4.79 Å². The predicted octanol–water partition coefficient (Wildman–Crippen LogP) is 6.28. The summed E-state index contributed by atoms with van der Waals surface area (Å²) in [7, 11) is 0. The average molecular weight is 498 g/mol. The van der Waals surface area contributed by atoms with Gasteiger partial charge in [-0.3, -0.25) is 9.78 Å². The number of rotatable bonds is 4. The molecule has 1 aromatic heterocycles. The third-order valence-electron chi connectivity index (χ3n) is 7.07. The molecular formula is C30H31N3O4. The molecule has 3 aromatic rings. The number of nitrogens with one attached hydrogen (secondary N) is 1. The molecule has 1 heterocycles. The van der Waals surface area contributed by atoms with Crippen LogP contribution in [0.2, 0.25) is 0 Å². The average Bonchev–Trinajstić information content (AvgIpc) is 2.85. The van der Waals surface area contributed by atoms with Gasteiger partial charge in [-0.25, -0.2) is 4.79 Å². The number of pyridine rings is 1. The second kappa shape index (κ2) is 9.47. The van der Waals surface area contributed by atoms with Gasteiger partial charge in [-0.05, 0) is 63.6 Å². The lowest BCUT2D eigenvalue weighted by Gasteiger charge is -2.43. The first-order valence-electron chi connectivity index (χ1n) is 12.7. The van der Waals surface area contributed by atoms with E-state index >= 15 is 0 Å². The monoisotopic (exact) mass is 497 g/mol. The van der Waals surface area contributed by atoms with E-state index in [4.69, 9.17) is 9.72 Å². The second-order valence-corrected chi connectivity index (χ2v) is 10.8. The van der Waals surface area contributed by atoms with Gasteiger partial charge in [0.15, 0.2) is 0 Å². The highest BCUT2D eigenvalue weighted by atomic mass is 16.6. The van der Waals surface area contributed by atoms with Crippen molar-refractivity contribution in [2.24, 2.45) is 5.16 Å². The number of alkyl carbamates (subject to hydrolysis) is 1. The van der Waals surface area contributed by atoms with Gasteiger partial charge in [0.1, 0.15) is 11.3 Å². The van der Waals surface area contributed by atoms with Crippen molar-refractivity contribution in [3.8, 4) is 22.4 Å². The maximum atomic E-state index is 12.9. The Morgan fingerprint density at radius 1 is 1.00 bits per heavy atom. The van der Waals surface area contributed by atoms with Crippen molar-refractivity contribution in [1.82, 2.24) is 10.3 Å². The lowest BCUT2D eigenvalue weighted by Crippen LogP contribution is -2.52. The highest BCUT2D eigenvalue weighted by molar-refractivity contribution is 6.47. The fourth-order valence-electron chi connectivity index (χ4n) is 5.06. The van der Waals surface area contributed by atoms with Crippen molar-refractivity contribution in [1.29, 1.82) is 0 Å². The third-order valence-corrected chi connectivity index (χ3v) is 7.07. The fourth-order valence-corrected chi connectivity index (χ4v) is 5.06. The zero-order valence-corrected chi connectivity index (χ0v) is 21.4. The van der Waals surface area contributed by atoms with Gasteiger partial charge in [0.25, 0.3) is 0 Å². The second-order valence-electron chi connectivity index (χ2n) is 10.8. The lowest BCUT2D eigenvalue weighted by molar-refractivity contribution is 0.0377. The molecule has 0 saturated heterocycles. The van der Waals surface area contributed by atoms with Crippen LogP contribution in [-0.2, 0) is 16.7 Å². The molecule has 37 heavy (non-hydrogen) atoms. The minimum atomic E-state index is -0.560. The van der Waals surface area contributed by atoms with Crippen LogP contribution in [0, 0.1) is 0 Å². The predicted molar refractivity (Wildman–Crippen MR) is 142 cm³/mol. The van der Waals surface area contributed by atoms with E-state index in [1.807, 2.05) is 81.4 Å². The molecule has 0 spiro atoms. The van der Waals surface area contributed by atoms with Gasteiger partial charge < -0.3 is 15.3 Å². The number of ketones is 1. The number of oxime groups is 1. The highest BCUT2D eigenvalue weighted by Crippen LogP contribution is 2.42. The first-order chi connectivity index (χ1) is 17.7. The summed E-state index contributed by atoms with van der Waals surface area (Å²) in [5, 5.41) is 15.6. The van der Waals surface area contributed by atoms with E-state index in [0.717, 1.165) is 47.2 Å². The van der Waals surface area contributed by atoms with Crippen molar-refractivity contribution < 1.29 is 19.5 Å². The molecule has 5 rings (SSSR count). The SMILES string of the molecule is CC(C)(C)OC(=O)NC1(c2ccc(-c3nc4c(cc3-c3ccccc3)C(=O)C(=NO)CC4)cc2)CCC1. The number of aromatic nitrogens is 1. The van der Waals surface area contributed by atoms with Gasteiger partial charge in [0.05, 0.1) is 16.9 Å². The summed E-state index contributed by atoms with van der Waals surface area (Å²) in [5.41, 5.74) is 4.88. The summed E-state index contributed by atoms with van der Waals surface area (Å²) < 4.78 is 5.51. The number of Topliss-reactive ketones (excluding diaryl/α,β-unsaturated/α-hetero) is 1. The minimum Gasteiger partial charge on any atom is -0.444 e. The number of aryl methyl sites for hydroxylation is 1. The van der Waals surface area contributed by atoms with Gasteiger partial charge in [-0.1, -0.05) is 59.8 Å². The summed E-state index contributed by atoms with van der Waals surface area (Å²) in [4.78, 5) is 30.4. The fraction of sp³-hybridized carbons (Fsp3) is 0.333. The Morgan fingerprint density at radius 2 is 1.70 bits per heavy atom. The van der Waals surface area contributed by atoms with E-state index in [0.29, 0.717) is 24.1 Å². The van der Waals surface area contributed by atoms with Crippen molar-refractivity contribution in [2.75, 3.05) is 0 Å². The molecule has 0 bridgehead atoms. The van der Waals surface area contributed by atoms with Crippen molar-refractivity contribution in [2.45, 2.75) is 64.0 Å². The summed E-state index contributed by atoms with van der Waals surface area (Å²) in [6.07, 6.45) is 3.23. The third kappa shape index (κ3) is 4.86. The number of fused-ring (bicyclic) bond motifs is 1. The first kappa shape index (κ1) is 24.7. The van der Waals surface area contributed by atoms with Crippen molar-refractivity contribution >= 4 is 17.6 Å². The van der Waals surface area contributed by atoms with E-state index in [-0.39, 0.29) is 11.5 Å². The Morgan fingerprint density at radius 3 is 2.30 bits per heavy atom. The van der Waals surface area contributed by atoms with E-state index in [9.17, 15) is 14.8 Å². The Kier molecular flexibility index (Phi) is 6.31. The molecule has 7 nitrogen and oxygen atoms in total.